The molecule has 1 N–H and O–H groups in total. The van der Waals surface area contributed by atoms with E-state index in [1.807, 2.05) is 6.92 Å². The molecule has 0 aromatic heterocycles. The van der Waals surface area contributed by atoms with Gasteiger partial charge in [-0.25, -0.2) is 0 Å². The van der Waals surface area contributed by atoms with E-state index >= 15 is 0 Å². The molecular formula is C6H14O2. The molecule has 0 saturated heterocycles. The molecule has 0 aliphatic carbocycles. The van der Waals surface area contributed by atoms with Crippen molar-refractivity contribution in [2.75, 3.05) is 13.7 Å². The summed E-state index contributed by atoms with van der Waals surface area (Å²) in [5.74, 6) is 0.250. The number of methoxy groups -OCH3 is 1. The standard InChI is InChI=1S/C6H14O2/c1-5(4-8-3)6(2)7/h5-7H,4H2,1-3H3/t5-,6-/m1/s1. The van der Waals surface area contributed by atoms with Crippen molar-refractivity contribution in [2.45, 2.75) is 20.0 Å². The van der Waals surface area contributed by atoms with Gasteiger partial charge in [0.05, 0.1) is 12.7 Å². The molecule has 0 aliphatic rings. The Balaban J connectivity index is 3.17. The third kappa shape index (κ3) is 2.99. The first kappa shape index (κ1) is 7.92. The first-order chi connectivity index (χ1) is 3.68. The largest absolute Gasteiger partial charge is 0.393 e. The zero-order valence-electron chi connectivity index (χ0n) is 5.72. The van der Waals surface area contributed by atoms with E-state index in [9.17, 15) is 0 Å². The van der Waals surface area contributed by atoms with Gasteiger partial charge in [-0.2, -0.15) is 0 Å². The molecule has 0 aromatic carbocycles. The van der Waals surface area contributed by atoms with Gasteiger partial charge in [-0.15, -0.1) is 0 Å². The first-order valence-electron chi connectivity index (χ1n) is 2.85. The molecule has 0 aromatic rings. The summed E-state index contributed by atoms with van der Waals surface area (Å²) < 4.78 is 4.80. The number of hydrogen-bond donors (Lipinski definition) is 1. The molecule has 50 valence electrons. The van der Waals surface area contributed by atoms with Gasteiger partial charge < -0.3 is 9.84 Å². The molecule has 0 unspecified atom stereocenters. The van der Waals surface area contributed by atoms with Gasteiger partial charge in [0.25, 0.3) is 0 Å². The SMILES string of the molecule is COC[C@@H](C)[C@@H](C)O. The van der Waals surface area contributed by atoms with Crippen LogP contribution in [0.2, 0.25) is 0 Å². The minimum Gasteiger partial charge on any atom is -0.393 e. The van der Waals surface area contributed by atoms with Crippen molar-refractivity contribution in [2.24, 2.45) is 5.92 Å². The van der Waals surface area contributed by atoms with Gasteiger partial charge in [-0.1, -0.05) is 6.92 Å². The van der Waals surface area contributed by atoms with E-state index in [0.717, 1.165) is 0 Å². The van der Waals surface area contributed by atoms with Crippen LogP contribution in [-0.2, 0) is 4.74 Å². The summed E-state index contributed by atoms with van der Waals surface area (Å²) in [6, 6.07) is 0. The Morgan fingerprint density at radius 1 is 1.50 bits per heavy atom. The Morgan fingerprint density at radius 2 is 2.00 bits per heavy atom. The van der Waals surface area contributed by atoms with Crippen molar-refractivity contribution in [1.82, 2.24) is 0 Å². The van der Waals surface area contributed by atoms with Gasteiger partial charge in [0.15, 0.2) is 0 Å². The number of aliphatic hydroxyl groups excluding tert-OH is 1. The second kappa shape index (κ2) is 3.87. The molecule has 2 heteroatoms. The highest BCUT2D eigenvalue weighted by atomic mass is 16.5. The molecule has 0 heterocycles. The Labute approximate surface area is 50.5 Å². The summed E-state index contributed by atoms with van der Waals surface area (Å²) in [4.78, 5) is 0. The van der Waals surface area contributed by atoms with Crippen LogP contribution in [-0.4, -0.2) is 24.9 Å². The minimum atomic E-state index is -0.255. The zero-order chi connectivity index (χ0) is 6.57. The molecule has 0 spiro atoms. The van der Waals surface area contributed by atoms with Crippen LogP contribution in [0.5, 0.6) is 0 Å². The molecule has 8 heavy (non-hydrogen) atoms. The maximum atomic E-state index is 8.87. The highest BCUT2D eigenvalue weighted by Gasteiger charge is 2.06. The van der Waals surface area contributed by atoms with Crippen molar-refractivity contribution in [3.05, 3.63) is 0 Å². The van der Waals surface area contributed by atoms with Gasteiger partial charge in [0.1, 0.15) is 0 Å². The Bertz CT molecular complexity index is 52.5. The van der Waals surface area contributed by atoms with E-state index in [4.69, 9.17) is 9.84 Å². The van der Waals surface area contributed by atoms with E-state index in [1.165, 1.54) is 0 Å². The van der Waals surface area contributed by atoms with Crippen LogP contribution in [0.25, 0.3) is 0 Å². The number of rotatable bonds is 3. The Kier molecular flexibility index (Phi) is 3.83. The zero-order valence-corrected chi connectivity index (χ0v) is 5.72. The third-order valence-corrected chi connectivity index (χ3v) is 1.25. The van der Waals surface area contributed by atoms with Gasteiger partial charge in [-0.3, -0.25) is 0 Å². The summed E-state index contributed by atoms with van der Waals surface area (Å²) in [7, 11) is 1.64. The van der Waals surface area contributed by atoms with Gasteiger partial charge >= 0.3 is 0 Å². The lowest BCUT2D eigenvalue weighted by molar-refractivity contribution is 0.0684. The fourth-order valence-electron chi connectivity index (χ4n) is 0.402. The Hall–Kier alpha value is -0.0800. The molecule has 0 amide bonds. The summed E-state index contributed by atoms with van der Waals surface area (Å²) in [5, 5.41) is 8.87. The predicted octanol–water partition coefficient (Wildman–Crippen LogP) is 0.650. The van der Waals surface area contributed by atoms with E-state index in [-0.39, 0.29) is 12.0 Å². The van der Waals surface area contributed by atoms with E-state index in [1.54, 1.807) is 14.0 Å². The summed E-state index contributed by atoms with van der Waals surface area (Å²) in [6.45, 7) is 4.36. The normalized spacial score (nSPS) is 18.0. The molecule has 2 nitrogen and oxygen atoms in total. The predicted molar refractivity (Wildman–Crippen MR) is 32.7 cm³/mol. The monoisotopic (exact) mass is 118 g/mol. The fraction of sp³-hybridized carbons (Fsp3) is 1.00. The summed E-state index contributed by atoms with van der Waals surface area (Å²) in [5.41, 5.74) is 0. The number of aliphatic hydroxyl groups is 1. The summed E-state index contributed by atoms with van der Waals surface area (Å²) in [6.07, 6.45) is -0.255. The highest BCUT2D eigenvalue weighted by molar-refractivity contribution is 4.55. The van der Waals surface area contributed by atoms with Gasteiger partial charge in [-0.05, 0) is 6.92 Å². The highest BCUT2D eigenvalue weighted by Crippen LogP contribution is 2.00. The van der Waals surface area contributed by atoms with Crippen molar-refractivity contribution in [3.63, 3.8) is 0 Å². The lowest BCUT2D eigenvalue weighted by atomic mass is 10.1. The van der Waals surface area contributed by atoms with Crippen molar-refractivity contribution < 1.29 is 9.84 Å². The van der Waals surface area contributed by atoms with Crippen LogP contribution in [0.4, 0.5) is 0 Å². The maximum absolute atomic E-state index is 8.87. The van der Waals surface area contributed by atoms with Crippen LogP contribution in [0.3, 0.4) is 0 Å². The molecule has 0 rings (SSSR count). The van der Waals surface area contributed by atoms with E-state index in [2.05, 4.69) is 0 Å². The summed E-state index contributed by atoms with van der Waals surface area (Å²) >= 11 is 0. The molecule has 0 radical (unpaired) electrons. The van der Waals surface area contributed by atoms with Crippen LogP contribution in [0.1, 0.15) is 13.8 Å². The second-order valence-electron chi connectivity index (χ2n) is 2.17. The lowest BCUT2D eigenvalue weighted by Gasteiger charge is -2.11. The first-order valence-corrected chi connectivity index (χ1v) is 2.85. The molecule has 0 bridgehead atoms. The van der Waals surface area contributed by atoms with E-state index < -0.39 is 0 Å². The average Bonchev–Trinajstić information content (AvgIpc) is 1.67. The topological polar surface area (TPSA) is 29.5 Å². The van der Waals surface area contributed by atoms with Gasteiger partial charge in [0.2, 0.25) is 0 Å². The van der Waals surface area contributed by atoms with Crippen molar-refractivity contribution in [3.8, 4) is 0 Å². The second-order valence-corrected chi connectivity index (χ2v) is 2.17. The van der Waals surface area contributed by atoms with Crippen LogP contribution < -0.4 is 0 Å². The number of ether oxygens (including phenoxy) is 1. The maximum Gasteiger partial charge on any atom is 0.0559 e. The smallest absolute Gasteiger partial charge is 0.0559 e. The fourth-order valence-corrected chi connectivity index (χ4v) is 0.402. The number of hydrogen-bond acceptors (Lipinski definition) is 2. The van der Waals surface area contributed by atoms with Crippen molar-refractivity contribution >= 4 is 0 Å². The van der Waals surface area contributed by atoms with E-state index in [0.29, 0.717) is 6.61 Å². The molecule has 0 fully saturated rings. The molecular weight excluding hydrogens is 104 g/mol. The quantitative estimate of drug-likeness (QED) is 0.589. The van der Waals surface area contributed by atoms with Crippen molar-refractivity contribution in [1.29, 1.82) is 0 Å². The minimum absolute atomic E-state index is 0.250. The third-order valence-electron chi connectivity index (χ3n) is 1.25. The molecule has 0 aliphatic heterocycles. The Morgan fingerprint density at radius 3 is 2.12 bits per heavy atom. The van der Waals surface area contributed by atoms with Gasteiger partial charge in [0, 0.05) is 13.0 Å². The molecule has 2 atom stereocenters. The van der Waals surface area contributed by atoms with Crippen LogP contribution >= 0.6 is 0 Å². The lowest BCUT2D eigenvalue weighted by Crippen LogP contribution is -2.17. The van der Waals surface area contributed by atoms with Crippen LogP contribution in [0, 0.1) is 5.92 Å². The van der Waals surface area contributed by atoms with Crippen LogP contribution in [0.15, 0.2) is 0 Å². The molecule has 0 saturated carbocycles. The average molecular weight is 118 g/mol.